The first kappa shape index (κ1) is 17.9. The van der Waals surface area contributed by atoms with E-state index in [2.05, 4.69) is 0 Å². The molecule has 0 aromatic heterocycles. The molecule has 0 saturated carbocycles. The summed E-state index contributed by atoms with van der Waals surface area (Å²) in [5.41, 5.74) is 3.01. The molecule has 3 nitrogen and oxygen atoms in total. The van der Waals surface area contributed by atoms with Gasteiger partial charge in [-0.3, -0.25) is 4.79 Å². The predicted octanol–water partition coefficient (Wildman–Crippen LogP) is 2.60. The molecule has 0 aliphatic rings. The lowest BCUT2D eigenvalue weighted by Gasteiger charge is -2.00. The average molecular weight is 296 g/mol. The number of carbonyl (C=O) groups excluding carboxylic acids is 1. The third-order valence-electron chi connectivity index (χ3n) is 3.00. The lowest BCUT2D eigenvalue weighted by molar-refractivity contribution is 0.104. The van der Waals surface area contributed by atoms with E-state index < -0.39 is 7.12 Å². The van der Waals surface area contributed by atoms with Crippen molar-refractivity contribution in [2.45, 2.75) is 20.8 Å². The molecule has 0 fully saturated rings. The van der Waals surface area contributed by atoms with E-state index in [-0.39, 0.29) is 5.78 Å². The Morgan fingerprint density at radius 1 is 0.955 bits per heavy atom. The summed E-state index contributed by atoms with van der Waals surface area (Å²) >= 11 is 0. The molecule has 2 aromatic carbocycles. The van der Waals surface area contributed by atoms with Gasteiger partial charge < -0.3 is 10.0 Å². The van der Waals surface area contributed by atoms with Gasteiger partial charge in [-0.2, -0.15) is 0 Å². The minimum atomic E-state index is -1.51. The maximum absolute atomic E-state index is 12.0. The molecule has 0 saturated heterocycles. The van der Waals surface area contributed by atoms with E-state index in [9.17, 15) is 4.79 Å². The zero-order valence-electron chi connectivity index (χ0n) is 13.2. The van der Waals surface area contributed by atoms with Gasteiger partial charge in [-0.05, 0) is 24.0 Å². The number of allylic oxidation sites excluding steroid dienone is 1. The first-order valence-electron chi connectivity index (χ1n) is 7.31. The number of rotatable bonds is 4. The van der Waals surface area contributed by atoms with E-state index in [0.717, 1.165) is 5.56 Å². The fraction of sp³-hybridized carbons (Fsp3) is 0.167. The van der Waals surface area contributed by atoms with Crippen LogP contribution in [-0.4, -0.2) is 22.9 Å². The van der Waals surface area contributed by atoms with Crippen molar-refractivity contribution in [1.82, 2.24) is 0 Å². The zero-order chi connectivity index (χ0) is 16.5. The Morgan fingerprint density at radius 3 is 2.00 bits per heavy atom. The third-order valence-corrected chi connectivity index (χ3v) is 3.00. The summed E-state index contributed by atoms with van der Waals surface area (Å²) in [7, 11) is -1.51. The number of carbonyl (C=O) groups is 1. The maximum atomic E-state index is 12.0. The minimum absolute atomic E-state index is 0.121. The van der Waals surface area contributed by atoms with Gasteiger partial charge in [-0.1, -0.05) is 74.0 Å². The molecule has 0 spiro atoms. The number of hydrogen-bond donors (Lipinski definition) is 2. The number of hydrogen-bond acceptors (Lipinski definition) is 3. The first-order chi connectivity index (χ1) is 10.6. The van der Waals surface area contributed by atoms with Gasteiger partial charge in [-0.25, -0.2) is 0 Å². The van der Waals surface area contributed by atoms with Crippen LogP contribution in [0.5, 0.6) is 0 Å². The lowest BCUT2D eigenvalue weighted by Crippen LogP contribution is -2.29. The molecular weight excluding hydrogens is 275 g/mol. The minimum Gasteiger partial charge on any atom is -0.423 e. The molecule has 2 N–H and O–H groups in total. The summed E-state index contributed by atoms with van der Waals surface area (Å²) in [6, 6.07) is 14.1. The normalized spacial score (nSPS) is 10.0. The van der Waals surface area contributed by atoms with E-state index in [1.54, 1.807) is 18.2 Å². The van der Waals surface area contributed by atoms with Crippen molar-refractivity contribution in [3.05, 3.63) is 71.3 Å². The van der Waals surface area contributed by atoms with Gasteiger partial charge >= 0.3 is 7.12 Å². The topological polar surface area (TPSA) is 57.5 Å². The molecule has 0 amide bonds. The molecule has 0 aliphatic heterocycles. The molecule has 114 valence electrons. The molecule has 0 aliphatic carbocycles. The molecule has 2 rings (SSSR count). The van der Waals surface area contributed by atoms with Crippen molar-refractivity contribution in [1.29, 1.82) is 0 Å². The van der Waals surface area contributed by atoms with Crippen LogP contribution >= 0.6 is 0 Å². The van der Waals surface area contributed by atoms with Gasteiger partial charge in [0.1, 0.15) is 0 Å². The van der Waals surface area contributed by atoms with Crippen LogP contribution in [0, 0.1) is 6.92 Å². The molecule has 0 atom stereocenters. The molecule has 22 heavy (non-hydrogen) atoms. The highest BCUT2D eigenvalue weighted by atomic mass is 16.4. The summed E-state index contributed by atoms with van der Waals surface area (Å²) < 4.78 is 0. The van der Waals surface area contributed by atoms with E-state index in [0.29, 0.717) is 11.0 Å². The molecule has 0 heterocycles. The summed E-state index contributed by atoms with van der Waals surface area (Å²) in [4.78, 5) is 12.0. The second kappa shape index (κ2) is 8.98. The predicted molar refractivity (Wildman–Crippen MR) is 92.2 cm³/mol. The quantitative estimate of drug-likeness (QED) is 0.518. The van der Waals surface area contributed by atoms with E-state index >= 15 is 0 Å². The van der Waals surface area contributed by atoms with Crippen LogP contribution in [0.15, 0.2) is 54.6 Å². The van der Waals surface area contributed by atoms with Crippen molar-refractivity contribution in [3.8, 4) is 0 Å². The molecule has 0 bridgehead atoms. The van der Waals surface area contributed by atoms with Crippen LogP contribution in [0.3, 0.4) is 0 Å². The largest absolute Gasteiger partial charge is 0.488 e. The van der Waals surface area contributed by atoms with Crippen molar-refractivity contribution in [2.24, 2.45) is 0 Å². The van der Waals surface area contributed by atoms with E-state index in [1.807, 2.05) is 45.0 Å². The monoisotopic (exact) mass is 296 g/mol. The summed E-state index contributed by atoms with van der Waals surface area (Å²) in [5.74, 6) is -0.121. The second-order valence-corrected chi connectivity index (χ2v) is 4.60. The van der Waals surface area contributed by atoms with Crippen LogP contribution in [0.2, 0.25) is 0 Å². The highest BCUT2D eigenvalue weighted by molar-refractivity contribution is 6.58. The Labute approximate surface area is 132 Å². The highest BCUT2D eigenvalue weighted by Crippen LogP contribution is 2.07. The average Bonchev–Trinajstić information content (AvgIpc) is 2.56. The number of benzene rings is 2. The van der Waals surface area contributed by atoms with Gasteiger partial charge in [0.2, 0.25) is 0 Å². The summed E-state index contributed by atoms with van der Waals surface area (Å²) in [5, 5.41) is 18.0. The molecule has 0 radical (unpaired) electrons. The molecule has 0 unspecified atom stereocenters. The van der Waals surface area contributed by atoms with Gasteiger partial charge in [0, 0.05) is 5.56 Å². The molecular formula is C18H21BO3. The fourth-order valence-corrected chi connectivity index (χ4v) is 1.77. The SMILES string of the molecule is CC.Cc1ccc(/C=C/C(=O)c2ccc(B(O)O)cc2)cc1. The van der Waals surface area contributed by atoms with E-state index in [1.165, 1.54) is 23.8 Å². The Balaban J connectivity index is 0.00000116. The summed E-state index contributed by atoms with van der Waals surface area (Å²) in [6.07, 6.45) is 3.27. The highest BCUT2D eigenvalue weighted by Gasteiger charge is 2.10. The van der Waals surface area contributed by atoms with Gasteiger partial charge in [-0.15, -0.1) is 0 Å². The standard InChI is InChI=1S/C16H15BO3.C2H6/c1-12-2-4-13(5-3-12)6-11-16(18)14-7-9-15(10-8-14)17(19)20;1-2/h2-11,19-20H,1H3;1-2H3/b11-6+;. The Kier molecular flexibility index (Phi) is 7.30. The fourth-order valence-electron chi connectivity index (χ4n) is 1.77. The Hall–Kier alpha value is -2.17. The zero-order valence-corrected chi connectivity index (χ0v) is 13.2. The van der Waals surface area contributed by atoms with Gasteiger partial charge in [0.05, 0.1) is 0 Å². The maximum Gasteiger partial charge on any atom is 0.488 e. The molecule has 2 aromatic rings. The Bertz CT molecular complexity index is 614. The number of ketones is 1. The Morgan fingerprint density at radius 2 is 1.50 bits per heavy atom. The van der Waals surface area contributed by atoms with E-state index in [4.69, 9.17) is 10.0 Å². The lowest BCUT2D eigenvalue weighted by atomic mass is 9.80. The van der Waals surface area contributed by atoms with Crippen molar-refractivity contribution in [3.63, 3.8) is 0 Å². The third kappa shape index (κ3) is 5.32. The van der Waals surface area contributed by atoms with Gasteiger partial charge in [0.15, 0.2) is 5.78 Å². The van der Waals surface area contributed by atoms with Crippen LogP contribution in [-0.2, 0) is 0 Å². The van der Waals surface area contributed by atoms with Crippen molar-refractivity contribution >= 4 is 24.4 Å². The van der Waals surface area contributed by atoms with Crippen LogP contribution in [0.1, 0.15) is 35.3 Å². The number of aryl methyl sites for hydroxylation is 1. The van der Waals surface area contributed by atoms with Crippen molar-refractivity contribution in [2.75, 3.05) is 0 Å². The smallest absolute Gasteiger partial charge is 0.423 e. The van der Waals surface area contributed by atoms with Crippen LogP contribution < -0.4 is 5.46 Å². The van der Waals surface area contributed by atoms with Crippen molar-refractivity contribution < 1.29 is 14.8 Å². The first-order valence-corrected chi connectivity index (χ1v) is 7.31. The second-order valence-electron chi connectivity index (χ2n) is 4.60. The van der Waals surface area contributed by atoms with Crippen LogP contribution in [0.4, 0.5) is 0 Å². The summed E-state index contributed by atoms with van der Waals surface area (Å²) in [6.45, 7) is 6.01. The van der Waals surface area contributed by atoms with Crippen LogP contribution in [0.25, 0.3) is 6.08 Å². The molecule has 4 heteroatoms. The van der Waals surface area contributed by atoms with Gasteiger partial charge in [0.25, 0.3) is 0 Å².